The van der Waals surface area contributed by atoms with Crippen molar-refractivity contribution in [1.82, 2.24) is 5.32 Å². The lowest BCUT2D eigenvalue weighted by Gasteiger charge is -2.17. The maximum Gasteiger partial charge on any atom is 0.0144 e. The van der Waals surface area contributed by atoms with Gasteiger partial charge in [0, 0.05) is 11.4 Å². The summed E-state index contributed by atoms with van der Waals surface area (Å²) in [4.78, 5) is 0. The average Bonchev–Trinajstić information content (AvgIpc) is 2.40. The van der Waals surface area contributed by atoms with E-state index in [-0.39, 0.29) is 0 Å². The highest BCUT2D eigenvalue weighted by Gasteiger charge is 2.11. The van der Waals surface area contributed by atoms with Gasteiger partial charge in [0.05, 0.1) is 0 Å². The van der Waals surface area contributed by atoms with Crippen molar-refractivity contribution >= 4 is 0 Å². The molecule has 0 amide bonds. The highest BCUT2D eigenvalue weighted by Crippen LogP contribution is 2.23. The largest absolute Gasteiger partial charge is 0.402 e. The van der Waals surface area contributed by atoms with Gasteiger partial charge in [-0.15, -0.1) is 0 Å². The average molecular weight is 262 g/mol. The molecule has 108 valence electrons. The van der Waals surface area contributed by atoms with Crippen molar-refractivity contribution in [1.29, 1.82) is 0 Å². The Balaban J connectivity index is 5.23. The van der Waals surface area contributed by atoms with Crippen LogP contribution < -0.4 is 11.1 Å². The normalized spacial score (nSPS) is 14.4. The first-order valence-corrected chi connectivity index (χ1v) is 7.23. The van der Waals surface area contributed by atoms with Gasteiger partial charge in [0.25, 0.3) is 0 Å². The Labute approximate surface area is 119 Å². The predicted octanol–water partition coefficient (Wildman–Crippen LogP) is 4.63. The van der Waals surface area contributed by atoms with Crippen LogP contribution in [0.3, 0.4) is 0 Å². The molecular weight excluding hydrogens is 232 g/mol. The van der Waals surface area contributed by atoms with E-state index in [2.05, 4.69) is 51.7 Å². The van der Waals surface area contributed by atoms with Gasteiger partial charge in [-0.3, -0.25) is 0 Å². The molecule has 0 saturated carbocycles. The van der Waals surface area contributed by atoms with Gasteiger partial charge in [0.2, 0.25) is 0 Å². The summed E-state index contributed by atoms with van der Waals surface area (Å²) in [7, 11) is 0. The molecule has 0 aromatic carbocycles. The van der Waals surface area contributed by atoms with Crippen molar-refractivity contribution in [2.45, 2.75) is 53.9 Å². The molecule has 0 aromatic heterocycles. The van der Waals surface area contributed by atoms with Crippen LogP contribution in [0.15, 0.2) is 47.5 Å². The first kappa shape index (κ1) is 17.6. The van der Waals surface area contributed by atoms with Gasteiger partial charge in [-0.05, 0) is 62.5 Å². The Kier molecular flexibility index (Phi) is 8.77. The molecule has 0 bridgehead atoms. The van der Waals surface area contributed by atoms with Crippen LogP contribution in [0.1, 0.15) is 53.9 Å². The Morgan fingerprint density at radius 1 is 1.16 bits per heavy atom. The van der Waals surface area contributed by atoms with Gasteiger partial charge in [0.15, 0.2) is 0 Å². The van der Waals surface area contributed by atoms with E-state index in [4.69, 9.17) is 5.73 Å². The molecule has 0 spiro atoms. The molecule has 0 aliphatic rings. The Bertz CT molecular complexity index is 369. The Morgan fingerprint density at radius 3 is 2.16 bits per heavy atom. The van der Waals surface area contributed by atoms with Gasteiger partial charge in [-0.1, -0.05) is 33.4 Å². The summed E-state index contributed by atoms with van der Waals surface area (Å²) in [6, 6.07) is 0. The maximum absolute atomic E-state index is 6.31. The van der Waals surface area contributed by atoms with Crippen LogP contribution >= 0.6 is 0 Å². The lowest BCUT2D eigenvalue weighted by Crippen LogP contribution is -2.13. The minimum absolute atomic E-state index is 0.492. The second kappa shape index (κ2) is 9.48. The van der Waals surface area contributed by atoms with Crippen molar-refractivity contribution in [2.75, 3.05) is 0 Å². The van der Waals surface area contributed by atoms with Gasteiger partial charge >= 0.3 is 0 Å². The standard InChI is InChI=1S/C17H30N2/c1-7-15(8-2)17(18)14(6)16(9-3)12-11-13(5)19-10-4/h10-12,15,19H,4,7-9,18H2,1-3,5-6H3/b13-11+,16-12+,17-14-. The molecule has 2 nitrogen and oxygen atoms in total. The lowest BCUT2D eigenvalue weighted by atomic mass is 9.92. The molecule has 0 fully saturated rings. The fourth-order valence-corrected chi connectivity index (χ4v) is 2.16. The third-order valence-corrected chi connectivity index (χ3v) is 3.59. The van der Waals surface area contributed by atoms with Crippen LogP contribution in [0.2, 0.25) is 0 Å². The number of nitrogens with two attached hydrogens (primary N) is 1. The van der Waals surface area contributed by atoms with Crippen LogP contribution in [-0.4, -0.2) is 0 Å². The first-order chi connectivity index (χ1) is 9.01. The summed E-state index contributed by atoms with van der Waals surface area (Å²) in [5.74, 6) is 0.492. The number of hydrogen-bond acceptors (Lipinski definition) is 2. The summed E-state index contributed by atoms with van der Waals surface area (Å²) in [5, 5.41) is 3.07. The van der Waals surface area contributed by atoms with Crippen molar-refractivity contribution in [3.8, 4) is 0 Å². The number of rotatable bonds is 8. The van der Waals surface area contributed by atoms with E-state index in [1.165, 1.54) is 11.1 Å². The fourth-order valence-electron chi connectivity index (χ4n) is 2.16. The molecule has 0 radical (unpaired) electrons. The second-order valence-electron chi connectivity index (χ2n) is 4.84. The summed E-state index contributed by atoms with van der Waals surface area (Å²) in [6.45, 7) is 14.4. The summed E-state index contributed by atoms with van der Waals surface area (Å²) in [6.07, 6.45) is 9.10. The van der Waals surface area contributed by atoms with Crippen LogP contribution in [0, 0.1) is 5.92 Å². The minimum Gasteiger partial charge on any atom is -0.402 e. The lowest BCUT2D eigenvalue weighted by molar-refractivity contribution is 0.561. The van der Waals surface area contributed by atoms with E-state index in [1.807, 2.05) is 6.92 Å². The minimum atomic E-state index is 0.492. The highest BCUT2D eigenvalue weighted by molar-refractivity contribution is 5.36. The molecule has 0 atom stereocenters. The first-order valence-electron chi connectivity index (χ1n) is 7.23. The van der Waals surface area contributed by atoms with Crippen molar-refractivity contribution in [3.63, 3.8) is 0 Å². The van der Waals surface area contributed by atoms with Crippen molar-refractivity contribution in [3.05, 3.63) is 47.5 Å². The van der Waals surface area contributed by atoms with E-state index >= 15 is 0 Å². The zero-order chi connectivity index (χ0) is 14.8. The number of allylic oxidation sites excluding steroid dienone is 6. The molecule has 0 heterocycles. The zero-order valence-corrected chi connectivity index (χ0v) is 13.2. The van der Waals surface area contributed by atoms with Gasteiger partial charge < -0.3 is 11.1 Å². The van der Waals surface area contributed by atoms with Crippen LogP contribution in [0.25, 0.3) is 0 Å². The van der Waals surface area contributed by atoms with E-state index < -0.39 is 0 Å². The van der Waals surface area contributed by atoms with Gasteiger partial charge in [-0.2, -0.15) is 0 Å². The van der Waals surface area contributed by atoms with Gasteiger partial charge in [0.1, 0.15) is 0 Å². The van der Waals surface area contributed by atoms with Crippen LogP contribution in [0.4, 0.5) is 0 Å². The molecule has 0 unspecified atom stereocenters. The Morgan fingerprint density at radius 2 is 1.74 bits per heavy atom. The molecule has 0 saturated heterocycles. The van der Waals surface area contributed by atoms with E-state index in [9.17, 15) is 0 Å². The predicted molar refractivity (Wildman–Crippen MR) is 86.4 cm³/mol. The van der Waals surface area contributed by atoms with Crippen LogP contribution in [-0.2, 0) is 0 Å². The number of hydrogen-bond donors (Lipinski definition) is 2. The maximum atomic E-state index is 6.31. The zero-order valence-electron chi connectivity index (χ0n) is 13.2. The quantitative estimate of drug-likeness (QED) is 0.626. The summed E-state index contributed by atoms with van der Waals surface area (Å²) < 4.78 is 0. The van der Waals surface area contributed by atoms with Crippen molar-refractivity contribution in [2.24, 2.45) is 11.7 Å². The molecule has 3 N–H and O–H groups in total. The molecule has 0 rings (SSSR count). The fraction of sp³-hybridized carbons (Fsp3) is 0.529. The molecule has 19 heavy (non-hydrogen) atoms. The van der Waals surface area contributed by atoms with E-state index in [0.29, 0.717) is 5.92 Å². The summed E-state index contributed by atoms with van der Waals surface area (Å²) in [5.41, 5.74) is 11.0. The number of nitrogens with one attached hydrogen (secondary N) is 1. The van der Waals surface area contributed by atoms with Crippen molar-refractivity contribution < 1.29 is 0 Å². The highest BCUT2D eigenvalue weighted by atomic mass is 14.8. The SMILES string of the molecule is C=CN/C(C)=C/C=C(CC)/C(C)=C(\N)C(CC)CC. The molecule has 0 aromatic rings. The van der Waals surface area contributed by atoms with E-state index in [0.717, 1.165) is 30.7 Å². The molecule has 0 aliphatic heterocycles. The smallest absolute Gasteiger partial charge is 0.0144 e. The molecular formula is C17H30N2. The third kappa shape index (κ3) is 5.82. The molecule has 0 aliphatic carbocycles. The van der Waals surface area contributed by atoms with E-state index in [1.54, 1.807) is 6.20 Å². The Hall–Kier alpha value is -1.44. The topological polar surface area (TPSA) is 38.0 Å². The van der Waals surface area contributed by atoms with Crippen LogP contribution in [0.5, 0.6) is 0 Å². The third-order valence-electron chi connectivity index (χ3n) is 3.59. The monoisotopic (exact) mass is 262 g/mol. The summed E-state index contributed by atoms with van der Waals surface area (Å²) >= 11 is 0. The molecule has 2 heteroatoms. The van der Waals surface area contributed by atoms with Gasteiger partial charge in [-0.25, -0.2) is 0 Å². The second-order valence-corrected chi connectivity index (χ2v) is 4.84.